The molecule has 0 spiro atoms. The Morgan fingerprint density at radius 2 is 2.00 bits per heavy atom. The number of pyridine rings is 1. The molecule has 0 bridgehead atoms. The van der Waals surface area contributed by atoms with Crippen LogP contribution in [-0.2, 0) is 0 Å². The fraction of sp³-hybridized carbons (Fsp3) is 0.500. The first-order valence-corrected chi connectivity index (χ1v) is 5.89. The lowest BCUT2D eigenvalue weighted by Gasteiger charge is -2.32. The van der Waals surface area contributed by atoms with E-state index in [-0.39, 0.29) is 12.8 Å². The van der Waals surface area contributed by atoms with Crippen LogP contribution < -0.4 is 4.90 Å². The quantitative estimate of drug-likeness (QED) is 0.739. The number of aromatic nitrogens is 1. The summed E-state index contributed by atoms with van der Waals surface area (Å²) < 4.78 is 26.9. The van der Waals surface area contributed by atoms with Gasteiger partial charge in [0, 0.05) is 35.7 Å². The monoisotopic (exact) mass is 324 g/mol. The molecule has 0 unspecified atom stereocenters. The third-order valence-electron chi connectivity index (χ3n) is 2.53. The summed E-state index contributed by atoms with van der Waals surface area (Å²) in [6.07, 6.45) is 1.57. The van der Waals surface area contributed by atoms with Crippen LogP contribution in [-0.4, -0.2) is 24.0 Å². The molecule has 0 aliphatic carbocycles. The molecule has 0 radical (unpaired) electrons. The van der Waals surface area contributed by atoms with E-state index in [1.807, 2.05) is 17.0 Å². The van der Waals surface area contributed by atoms with Crippen molar-refractivity contribution in [3.63, 3.8) is 0 Å². The van der Waals surface area contributed by atoms with Crippen LogP contribution in [0.5, 0.6) is 0 Å². The van der Waals surface area contributed by atoms with E-state index in [1.165, 1.54) is 0 Å². The highest BCUT2D eigenvalue weighted by Crippen LogP contribution is 2.29. The Hall–Kier alpha value is -0.460. The summed E-state index contributed by atoms with van der Waals surface area (Å²) in [5.74, 6) is -1.68. The maximum atomic E-state index is 12.9. The van der Waals surface area contributed by atoms with Crippen molar-refractivity contribution in [3.8, 4) is 0 Å². The van der Waals surface area contributed by atoms with Crippen molar-refractivity contribution in [2.75, 3.05) is 18.0 Å². The minimum atomic E-state index is -2.49. The molecule has 0 saturated carbocycles. The van der Waals surface area contributed by atoms with Gasteiger partial charge < -0.3 is 4.90 Å². The first kappa shape index (κ1) is 11.0. The molecule has 1 aliphatic heterocycles. The molecule has 0 amide bonds. The van der Waals surface area contributed by atoms with E-state index in [1.54, 1.807) is 6.20 Å². The van der Waals surface area contributed by atoms with Crippen LogP contribution >= 0.6 is 22.6 Å². The van der Waals surface area contributed by atoms with Gasteiger partial charge in [0.1, 0.15) is 5.82 Å². The van der Waals surface area contributed by atoms with Gasteiger partial charge in [0.15, 0.2) is 0 Å². The second kappa shape index (κ2) is 4.19. The van der Waals surface area contributed by atoms with Crippen molar-refractivity contribution in [3.05, 3.63) is 21.9 Å². The fourth-order valence-corrected chi connectivity index (χ4v) is 2.07. The first-order chi connectivity index (χ1) is 7.07. The Bertz CT molecular complexity index is 347. The third kappa shape index (κ3) is 2.76. The highest BCUT2D eigenvalue weighted by molar-refractivity contribution is 14.1. The molecule has 1 saturated heterocycles. The van der Waals surface area contributed by atoms with E-state index in [2.05, 4.69) is 27.6 Å². The number of nitrogens with zero attached hydrogens (tertiary/aromatic N) is 2. The molecule has 2 heterocycles. The van der Waals surface area contributed by atoms with Crippen molar-refractivity contribution in [2.45, 2.75) is 18.8 Å². The molecule has 1 aliphatic rings. The number of halogens is 3. The maximum Gasteiger partial charge on any atom is 0.251 e. The topological polar surface area (TPSA) is 16.1 Å². The maximum absolute atomic E-state index is 12.9. The van der Waals surface area contributed by atoms with Crippen molar-refractivity contribution in [1.82, 2.24) is 4.98 Å². The lowest BCUT2D eigenvalue weighted by atomic mass is 10.1. The minimum Gasteiger partial charge on any atom is -0.356 e. The Labute approximate surface area is 101 Å². The molecular formula is C10H11F2IN2. The van der Waals surface area contributed by atoms with E-state index in [0.29, 0.717) is 13.1 Å². The van der Waals surface area contributed by atoms with Gasteiger partial charge in [0.25, 0.3) is 5.92 Å². The highest BCUT2D eigenvalue weighted by atomic mass is 127. The van der Waals surface area contributed by atoms with E-state index < -0.39 is 5.92 Å². The summed E-state index contributed by atoms with van der Waals surface area (Å²) in [5, 5.41) is 0. The summed E-state index contributed by atoms with van der Waals surface area (Å²) in [6, 6.07) is 3.81. The van der Waals surface area contributed by atoms with Crippen LogP contribution in [0, 0.1) is 3.57 Å². The third-order valence-corrected chi connectivity index (χ3v) is 3.20. The van der Waals surface area contributed by atoms with Gasteiger partial charge in [0.2, 0.25) is 0 Å². The highest BCUT2D eigenvalue weighted by Gasteiger charge is 2.34. The number of hydrogen-bond acceptors (Lipinski definition) is 2. The van der Waals surface area contributed by atoms with E-state index in [0.717, 1.165) is 9.39 Å². The van der Waals surface area contributed by atoms with Crippen molar-refractivity contribution >= 4 is 28.4 Å². The van der Waals surface area contributed by atoms with Gasteiger partial charge in [-0.2, -0.15) is 0 Å². The number of anilines is 1. The lowest BCUT2D eigenvalue weighted by Crippen LogP contribution is -2.39. The van der Waals surface area contributed by atoms with Crippen LogP contribution in [0.1, 0.15) is 12.8 Å². The molecule has 0 aromatic carbocycles. The van der Waals surface area contributed by atoms with Crippen molar-refractivity contribution < 1.29 is 8.78 Å². The van der Waals surface area contributed by atoms with Gasteiger partial charge in [-0.25, -0.2) is 13.8 Å². The van der Waals surface area contributed by atoms with Gasteiger partial charge in [-0.05, 0) is 34.7 Å². The zero-order chi connectivity index (χ0) is 10.9. The molecule has 0 N–H and O–H groups in total. The van der Waals surface area contributed by atoms with Crippen LogP contribution in [0.3, 0.4) is 0 Å². The molecule has 82 valence electrons. The second-order valence-corrected chi connectivity index (χ2v) is 4.92. The number of rotatable bonds is 1. The minimum absolute atomic E-state index is 0.0693. The summed E-state index contributed by atoms with van der Waals surface area (Å²) in [7, 11) is 0. The van der Waals surface area contributed by atoms with E-state index in [4.69, 9.17) is 0 Å². The van der Waals surface area contributed by atoms with Crippen LogP contribution in [0.4, 0.5) is 14.6 Å². The zero-order valence-corrected chi connectivity index (χ0v) is 10.2. The molecular weight excluding hydrogens is 313 g/mol. The number of hydrogen-bond donors (Lipinski definition) is 0. The molecule has 1 aromatic heterocycles. The van der Waals surface area contributed by atoms with Crippen LogP contribution in [0.25, 0.3) is 0 Å². The summed E-state index contributed by atoms with van der Waals surface area (Å²) in [6.45, 7) is 0.778. The first-order valence-electron chi connectivity index (χ1n) is 4.81. The Morgan fingerprint density at radius 1 is 1.33 bits per heavy atom. The van der Waals surface area contributed by atoms with Gasteiger partial charge in [-0.3, -0.25) is 0 Å². The summed E-state index contributed by atoms with van der Waals surface area (Å²) in [4.78, 5) is 6.10. The second-order valence-electron chi connectivity index (χ2n) is 3.68. The molecule has 1 aromatic rings. The predicted molar refractivity (Wildman–Crippen MR) is 63.3 cm³/mol. The lowest BCUT2D eigenvalue weighted by molar-refractivity contribution is -0.0221. The largest absolute Gasteiger partial charge is 0.356 e. The zero-order valence-electron chi connectivity index (χ0n) is 8.09. The van der Waals surface area contributed by atoms with Crippen LogP contribution in [0.15, 0.2) is 18.3 Å². The predicted octanol–water partition coefficient (Wildman–Crippen LogP) is 2.92. The van der Waals surface area contributed by atoms with Crippen LogP contribution in [0.2, 0.25) is 0 Å². The molecule has 2 rings (SSSR count). The average molecular weight is 324 g/mol. The van der Waals surface area contributed by atoms with Crippen molar-refractivity contribution in [1.29, 1.82) is 0 Å². The SMILES string of the molecule is FC1(F)CCN(c2cc(I)ccn2)CC1. The fourth-order valence-electron chi connectivity index (χ4n) is 1.63. The molecule has 15 heavy (non-hydrogen) atoms. The molecule has 0 atom stereocenters. The number of alkyl halides is 2. The summed E-state index contributed by atoms with van der Waals surface area (Å²) >= 11 is 2.19. The smallest absolute Gasteiger partial charge is 0.251 e. The Kier molecular flexibility index (Phi) is 3.08. The Balaban J connectivity index is 2.08. The van der Waals surface area contributed by atoms with Gasteiger partial charge in [0.05, 0.1) is 0 Å². The average Bonchev–Trinajstić information content (AvgIpc) is 2.17. The normalized spacial score (nSPS) is 20.3. The molecule has 1 fully saturated rings. The van der Waals surface area contributed by atoms with Gasteiger partial charge >= 0.3 is 0 Å². The molecule has 2 nitrogen and oxygen atoms in total. The van der Waals surface area contributed by atoms with E-state index >= 15 is 0 Å². The standard InChI is InChI=1S/C10H11F2IN2/c11-10(12)2-5-15(6-3-10)9-7-8(13)1-4-14-9/h1,4,7H,2-3,5-6H2. The molecule has 5 heteroatoms. The van der Waals surface area contributed by atoms with Crippen molar-refractivity contribution in [2.24, 2.45) is 0 Å². The van der Waals surface area contributed by atoms with Gasteiger partial charge in [-0.15, -0.1) is 0 Å². The number of piperidine rings is 1. The Morgan fingerprint density at radius 3 is 2.60 bits per heavy atom. The van der Waals surface area contributed by atoms with Gasteiger partial charge in [-0.1, -0.05) is 0 Å². The summed E-state index contributed by atoms with van der Waals surface area (Å²) in [5.41, 5.74) is 0. The van der Waals surface area contributed by atoms with E-state index in [9.17, 15) is 8.78 Å².